The Bertz CT molecular complexity index is 729. The summed E-state index contributed by atoms with van der Waals surface area (Å²) in [7, 11) is 0. The Hall–Kier alpha value is -2.63. The van der Waals surface area contributed by atoms with Crippen molar-refractivity contribution in [3.05, 3.63) is 71.0 Å². The molecule has 0 amide bonds. The van der Waals surface area contributed by atoms with Crippen LogP contribution in [0, 0.1) is 17.5 Å². The number of ketones is 1. The molecule has 3 nitrogen and oxygen atoms in total. The van der Waals surface area contributed by atoms with E-state index in [0.29, 0.717) is 6.07 Å². The van der Waals surface area contributed by atoms with Gasteiger partial charge in [-0.2, -0.15) is 0 Å². The molecule has 0 bridgehead atoms. The Morgan fingerprint density at radius 1 is 0.913 bits per heavy atom. The van der Waals surface area contributed by atoms with Gasteiger partial charge in [0.15, 0.2) is 5.78 Å². The quantitative estimate of drug-likeness (QED) is 0.600. The molecule has 2 aromatic rings. The summed E-state index contributed by atoms with van der Waals surface area (Å²) in [5.41, 5.74) is -0.0648. The molecular weight excluding hydrogens is 309 g/mol. The first kappa shape index (κ1) is 16.7. The maximum absolute atomic E-state index is 13.4. The molecule has 0 heterocycles. The average molecular weight is 322 g/mol. The second-order valence-corrected chi connectivity index (χ2v) is 4.80. The summed E-state index contributed by atoms with van der Waals surface area (Å²) < 4.78 is 44.4. The maximum atomic E-state index is 13.4. The first-order chi connectivity index (χ1) is 11.0. The Morgan fingerprint density at radius 3 is 2.35 bits per heavy atom. The van der Waals surface area contributed by atoms with Gasteiger partial charge in [0.05, 0.1) is 12.0 Å². The van der Waals surface area contributed by atoms with E-state index in [0.717, 1.165) is 12.1 Å². The fourth-order valence-electron chi connectivity index (χ4n) is 1.91. The normalized spacial score (nSPS) is 10.4. The highest BCUT2D eigenvalue weighted by molar-refractivity contribution is 5.97. The van der Waals surface area contributed by atoms with Crippen molar-refractivity contribution in [2.24, 2.45) is 0 Å². The van der Waals surface area contributed by atoms with Crippen molar-refractivity contribution >= 4 is 11.8 Å². The van der Waals surface area contributed by atoms with E-state index in [1.54, 1.807) is 6.07 Å². The van der Waals surface area contributed by atoms with E-state index < -0.39 is 29.2 Å². The molecule has 6 heteroatoms. The fourth-order valence-corrected chi connectivity index (χ4v) is 1.91. The van der Waals surface area contributed by atoms with E-state index in [1.165, 1.54) is 18.2 Å². The molecule has 0 saturated heterocycles. The zero-order chi connectivity index (χ0) is 16.8. The Kier molecular flexibility index (Phi) is 5.51. The standard InChI is InChI=1S/C17H13F3O3/c18-12-5-6-13(15(20)9-12)16(21)7-8-17(22)23-10-11-3-1-2-4-14(11)19/h1-6,9H,7-8,10H2. The van der Waals surface area contributed by atoms with Crippen LogP contribution in [0.4, 0.5) is 13.2 Å². The first-order valence-electron chi connectivity index (χ1n) is 6.84. The van der Waals surface area contributed by atoms with Gasteiger partial charge in [0.1, 0.15) is 24.1 Å². The zero-order valence-corrected chi connectivity index (χ0v) is 12.0. The lowest BCUT2D eigenvalue weighted by molar-refractivity contribution is -0.144. The third-order valence-corrected chi connectivity index (χ3v) is 3.13. The molecule has 0 aliphatic rings. The van der Waals surface area contributed by atoms with Gasteiger partial charge in [-0.15, -0.1) is 0 Å². The van der Waals surface area contributed by atoms with Gasteiger partial charge in [-0.3, -0.25) is 9.59 Å². The minimum Gasteiger partial charge on any atom is -0.461 e. The Labute approximate surface area is 130 Å². The summed E-state index contributed by atoms with van der Waals surface area (Å²) in [5, 5.41) is 0. The van der Waals surface area contributed by atoms with E-state index in [9.17, 15) is 22.8 Å². The van der Waals surface area contributed by atoms with Gasteiger partial charge < -0.3 is 4.74 Å². The molecule has 23 heavy (non-hydrogen) atoms. The van der Waals surface area contributed by atoms with Crippen LogP contribution in [-0.2, 0) is 16.1 Å². The van der Waals surface area contributed by atoms with Gasteiger partial charge in [0, 0.05) is 18.1 Å². The molecule has 0 atom stereocenters. The topological polar surface area (TPSA) is 43.4 Å². The molecule has 0 unspecified atom stereocenters. The van der Waals surface area contributed by atoms with Gasteiger partial charge in [0.2, 0.25) is 0 Å². The van der Waals surface area contributed by atoms with Crippen molar-refractivity contribution in [2.75, 3.05) is 0 Å². The molecule has 0 aliphatic carbocycles. The van der Waals surface area contributed by atoms with E-state index in [-0.39, 0.29) is 30.6 Å². The summed E-state index contributed by atoms with van der Waals surface area (Å²) in [5.74, 6) is -3.60. The Morgan fingerprint density at radius 2 is 1.65 bits per heavy atom. The summed E-state index contributed by atoms with van der Waals surface area (Å²) in [4.78, 5) is 23.3. The smallest absolute Gasteiger partial charge is 0.306 e. The van der Waals surface area contributed by atoms with Crippen LogP contribution < -0.4 is 0 Å². The van der Waals surface area contributed by atoms with Crippen LogP contribution in [0.1, 0.15) is 28.8 Å². The highest BCUT2D eigenvalue weighted by Gasteiger charge is 2.15. The molecule has 0 fully saturated rings. The fraction of sp³-hybridized carbons (Fsp3) is 0.176. The molecule has 2 aromatic carbocycles. The van der Waals surface area contributed by atoms with Crippen LogP contribution in [-0.4, -0.2) is 11.8 Å². The molecule has 0 aromatic heterocycles. The zero-order valence-electron chi connectivity index (χ0n) is 12.0. The molecule has 0 saturated carbocycles. The van der Waals surface area contributed by atoms with E-state index >= 15 is 0 Å². The predicted molar refractivity (Wildman–Crippen MR) is 76.1 cm³/mol. The highest BCUT2D eigenvalue weighted by atomic mass is 19.1. The van der Waals surface area contributed by atoms with Crippen LogP contribution in [0.25, 0.3) is 0 Å². The van der Waals surface area contributed by atoms with Crippen molar-refractivity contribution in [3.8, 4) is 0 Å². The molecule has 2 rings (SSSR count). The highest BCUT2D eigenvalue weighted by Crippen LogP contribution is 2.13. The predicted octanol–water partition coefficient (Wildman–Crippen LogP) is 3.81. The van der Waals surface area contributed by atoms with Crippen LogP contribution in [0.2, 0.25) is 0 Å². The number of benzene rings is 2. The molecule has 0 aliphatic heterocycles. The third-order valence-electron chi connectivity index (χ3n) is 3.13. The number of hydrogen-bond donors (Lipinski definition) is 0. The lowest BCUT2D eigenvalue weighted by Crippen LogP contribution is -2.10. The molecule has 0 spiro atoms. The lowest BCUT2D eigenvalue weighted by Gasteiger charge is -2.06. The van der Waals surface area contributed by atoms with Crippen molar-refractivity contribution in [1.82, 2.24) is 0 Å². The minimum atomic E-state index is -0.977. The number of carbonyl (C=O) groups excluding carboxylic acids is 2. The van der Waals surface area contributed by atoms with Gasteiger partial charge in [-0.25, -0.2) is 13.2 Å². The van der Waals surface area contributed by atoms with Crippen LogP contribution in [0.3, 0.4) is 0 Å². The average Bonchev–Trinajstić information content (AvgIpc) is 2.52. The molecule has 0 N–H and O–H groups in total. The van der Waals surface area contributed by atoms with E-state index in [2.05, 4.69) is 0 Å². The number of hydrogen-bond acceptors (Lipinski definition) is 3. The number of Topliss-reactive ketones (excluding diaryl/α,β-unsaturated/α-hetero) is 1. The van der Waals surface area contributed by atoms with Crippen molar-refractivity contribution in [3.63, 3.8) is 0 Å². The van der Waals surface area contributed by atoms with Crippen LogP contribution in [0.15, 0.2) is 42.5 Å². The van der Waals surface area contributed by atoms with Gasteiger partial charge in [0.25, 0.3) is 0 Å². The van der Waals surface area contributed by atoms with E-state index in [1.807, 2.05) is 0 Å². The SMILES string of the molecule is O=C(CCC(=O)c1ccc(F)cc1F)OCc1ccccc1F. The van der Waals surface area contributed by atoms with Crippen LogP contribution in [0.5, 0.6) is 0 Å². The molecule has 0 radical (unpaired) electrons. The molecule has 120 valence electrons. The van der Waals surface area contributed by atoms with E-state index in [4.69, 9.17) is 4.74 Å². The first-order valence-corrected chi connectivity index (χ1v) is 6.84. The second kappa shape index (κ2) is 7.58. The summed E-state index contributed by atoms with van der Waals surface area (Å²) in [6.45, 7) is -0.245. The Balaban J connectivity index is 1.84. The lowest BCUT2D eigenvalue weighted by atomic mass is 10.1. The monoisotopic (exact) mass is 322 g/mol. The van der Waals surface area contributed by atoms with Crippen molar-refractivity contribution in [2.45, 2.75) is 19.4 Å². The van der Waals surface area contributed by atoms with Gasteiger partial charge in [-0.05, 0) is 18.2 Å². The summed E-state index contributed by atoms with van der Waals surface area (Å²) >= 11 is 0. The summed E-state index contributed by atoms with van der Waals surface area (Å²) in [6, 6.07) is 8.42. The van der Waals surface area contributed by atoms with Crippen LogP contribution >= 0.6 is 0 Å². The van der Waals surface area contributed by atoms with Gasteiger partial charge in [-0.1, -0.05) is 18.2 Å². The second-order valence-electron chi connectivity index (χ2n) is 4.80. The number of carbonyl (C=O) groups is 2. The van der Waals surface area contributed by atoms with Crippen molar-refractivity contribution in [1.29, 1.82) is 0 Å². The summed E-state index contributed by atoms with van der Waals surface area (Å²) in [6.07, 6.45) is -0.553. The maximum Gasteiger partial charge on any atom is 0.306 e. The third kappa shape index (κ3) is 4.67. The largest absolute Gasteiger partial charge is 0.461 e. The number of halogens is 3. The minimum absolute atomic E-state index is 0.219. The number of rotatable bonds is 6. The number of esters is 1. The van der Waals surface area contributed by atoms with Crippen molar-refractivity contribution < 1.29 is 27.5 Å². The molecular formula is C17H13F3O3. The number of ether oxygens (including phenoxy) is 1. The van der Waals surface area contributed by atoms with Gasteiger partial charge >= 0.3 is 5.97 Å².